The number of sulfonamides is 1. The second-order valence-electron chi connectivity index (χ2n) is 3.75. The molecule has 0 aromatic carbocycles. The summed E-state index contributed by atoms with van der Waals surface area (Å²) in [4.78, 5) is 0. The SMILES string of the molecule is CN(C)S(=O)(=O)NCCN1CCCS1(=O)=O. The monoisotopic (exact) mass is 271 g/mol. The third-order valence-electron chi connectivity index (χ3n) is 2.33. The molecular formula is C7H17N3O4S2. The van der Waals surface area contributed by atoms with Crippen LogP contribution in [0.4, 0.5) is 0 Å². The van der Waals surface area contributed by atoms with Crippen molar-refractivity contribution in [2.75, 3.05) is 39.5 Å². The summed E-state index contributed by atoms with van der Waals surface area (Å²) in [5.74, 6) is 0.160. The van der Waals surface area contributed by atoms with Gasteiger partial charge < -0.3 is 0 Å². The van der Waals surface area contributed by atoms with Crippen LogP contribution in [-0.2, 0) is 20.2 Å². The third kappa shape index (κ3) is 3.39. The summed E-state index contributed by atoms with van der Waals surface area (Å²) in [5, 5.41) is 0. The lowest BCUT2D eigenvalue weighted by Gasteiger charge is -2.16. The van der Waals surface area contributed by atoms with E-state index in [1.165, 1.54) is 18.4 Å². The molecule has 1 aliphatic heterocycles. The van der Waals surface area contributed by atoms with E-state index < -0.39 is 20.2 Å². The minimum atomic E-state index is -3.47. The largest absolute Gasteiger partial charge is 0.278 e. The standard InChI is InChI=1S/C7H17N3O4S2/c1-9(2)16(13,14)8-4-6-10-5-3-7-15(10,11)12/h8H,3-7H2,1-2H3. The van der Waals surface area contributed by atoms with E-state index in [2.05, 4.69) is 4.72 Å². The lowest BCUT2D eigenvalue weighted by molar-refractivity contribution is 0.439. The molecule has 0 aromatic rings. The van der Waals surface area contributed by atoms with Crippen molar-refractivity contribution in [2.24, 2.45) is 0 Å². The molecule has 0 atom stereocenters. The van der Waals surface area contributed by atoms with Gasteiger partial charge in [0.25, 0.3) is 10.2 Å². The van der Waals surface area contributed by atoms with Crippen molar-refractivity contribution in [3.63, 3.8) is 0 Å². The molecule has 16 heavy (non-hydrogen) atoms. The van der Waals surface area contributed by atoms with E-state index in [1.807, 2.05) is 0 Å². The molecule has 0 bridgehead atoms. The molecule has 0 radical (unpaired) electrons. The highest BCUT2D eigenvalue weighted by Gasteiger charge is 2.27. The van der Waals surface area contributed by atoms with Crippen LogP contribution in [0.15, 0.2) is 0 Å². The third-order valence-corrected chi connectivity index (χ3v) is 5.82. The zero-order chi connectivity index (χ0) is 12.4. The first kappa shape index (κ1) is 13.8. The van der Waals surface area contributed by atoms with Crippen molar-refractivity contribution in [3.05, 3.63) is 0 Å². The number of rotatable bonds is 5. The number of nitrogens with zero attached hydrogens (tertiary/aromatic N) is 2. The van der Waals surface area contributed by atoms with Crippen LogP contribution in [0.1, 0.15) is 6.42 Å². The van der Waals surface area contributed by atoms with Crippen LogP contribution in [0.2, 0.25) is 0 Å². The van der Waals surface area contributed by atoms with Gasteiger partial charge >= 0.3 is 0 Å². The first-order valence-corrected chi connectivity index (χ1v) is 7.95. The fraction of sp³-hybridized carbons (Fsp3) is 1.00. The maximum Gasteiger partial charge on any atom is 0.278 e. The van der Waals surface area contributed by atoms with Gasteiger partial charge in [0.05, 0.1) is 5.75 Å². The van der Waals surface area contributed by atoms with Gasteiger partial charge in [-0.3, -0.25) is 0 Å². The molecular weight excluding hydrogens is 254 g/mol. The Kier molecular flexibility index (Phi) is 4.29. The lowest BCUT2D eigenvalue weighted by atomic mass is 10.5. The molecule has 7 nitrogen and oxygen atoms in total. The second-order valence-corrected chi connectivity index (χ2v) is 7.81. The lowest BCUT2D eigenvalue weighted by Crippen LogP contribution is -2.40. The van der Waals surface area contributed by atoms with Crippen molar-refractivity contribution in [3.8, 4) is 0 Å². The van der Waals surface area contributed by atoms with Crippen LogP contribution < -0.4 is 4.72 Å². The van der Waals surface area contributed by atoms with Gasteiger partial charge in [0.15, 0.2) is 0 Å². The highest BCUT2D eigenvalue weighted by Crippen LogP contribution is 2.11. The van der Waals surface area contributed by atoms with Crippen LogP contribution in [0.3, 0.4) is 0 Å². The van der Waals surface area contributed by atoms with E-state index in [-0.39, 0.29) is 18.8 Å². The Morgan fingerprint density at radius 3 is 2.44 bits per heavy atom. The Bertz CT molecular complexity index is 429. The van der Waals surface area contributed by atoms with E-state index >= 15 is 0 Å². The Morgan fingerprint density at radius 1 is 1.38 bits per heavy atom. The summed E-state index contributed by atoms with van der Waals surface area (Å²) in [6.45, 7) is 0.765. The maximum absolute atomic E-state index is 11.4. The van der Waals surface area contributed by atoms with Gasteiger partial charge in [-0.1, -0.05) is 0 Å². The van der Waals surface area contributed by atoms with E-state index in [0.717, 1.165) is 4.31 Å². The summed E-state index contributed by atoms with van der Waals surface area (Å²) in [7, 11) is -3.78. The van der Waals surface area contributed by atoms with Crippen molar-refractivity contribution in [1.82, 2.24) is 13.3 Å². The Hall–Kier alpha value is -0.220. The maximum atomic E-state index is 11.4. The molecule has 1 N–H and O–H groups in total. The molecule has 96 valence electrons. The molecule has 1 saturated heterocycles. The molecule has 1 heterocycles. The highest BCUT2D eigenvalue weighted by atomic mass is 32.2. The Labute approximate surface area is 96.6 Å². The molecule has 0 amide bonds. The smallest absolute Gasteiger partial charge is 0.212 e. The molecule has 1 rings (SSSR count). The van der Waals surface area contributed by atoms with Crippen LogP contribution in [0.25, 0.3) is 0 Å². The summed E-state index contributed by atoms with van der Waals surface area (Å²) < 4.78 is 50.1. The zero-order valence-electron chi connectivity index (χ0n) is 9.38. The molecule has 0 spiro atoms. The predicted octanol–water partition coefficient (Wildman–Crippen LogP) is -1.58. The van der Waals surface area contributed by atoms with Gasteiger partial charge in [0, 0.05) is 33.7 Å². The summed E-state index contributed by atoms with van der Waals surface area (Å²) in [6.07, 6.45) is 0.614. The molecule has 9 heteroatoms. The Morgan fingerprint density at radius 2 is 2.00 bits per heavy atom. The van der Waals surface area contributed by atoms with Gasteiger partial charge in [-0.2, -0.15) is 12.7 Å². The zero-order valence-corrected chi connectivity index (χ0v) is 11.0. The van der Waals surface area contributed by atoms with E-state index in [9.17, 15) is 16.8 Å². The fourth-order valence-electron chi connectivity index (χ4n) is 1.37. The van der Waals surface area contributed by atoms with Crippen molar-refractivity contribution >= 4 is 20.2 Å². The minimum Gasteiger partial charge on any atom is -0.212 e. The number of hydrogen-bond acceptors (Lipinski definition) is 4. The summed E-state index contributed by atoms with van der Waals surface area (Å²) >= 11 is 0. The second kappa shape index (κ2) is 4.96. The first-order chi connectivity index (χ1) is 7.26. The van der Waals surface area contributed by atoms with Crippen LogP contribution >= 0.6 is 0 Å². The van der Waals surface area contributed by atoms with Gasteiger partial charge in [0.1, 0.15) is 0 Å². The van der Waals surface area contributed by atoms with Crippen molar-refractivity contribution < 1.29 is 16.8 Å². The van der Waals surface area contributed by atoms with Gasteiger partial charge in [0.2, 0.25) is 10.0 Å². The van der Waals surface area contributed by atoms with Crippen molar-refractivity contribution in [1.29, 1.82) is 0 Å². The molecule has 1 fully saturated rings. The van der Waals surface area contributed by atoms with Gasteiger partial charge in [-0.25, -0.2) is 17.4 Å². The average molecular weight is 271 g/mol. The average Bonchev–Trinajstić information content (AvgIpc) is 2.45. The van der Waals surface area contributed by atoms with Crippen LogP contribution in [0.5, 0.6) is 0 Å². The Balaban J connectivity index is 2.43. The van der Waals surface area contributed by atoms with Crippen LogP contribution in [0, 0.1) is 0 Å². The quantitative estimate of drug-likeness (QED) is 0.653. The molecule has 0 aliphatic carbocycles. The number of nitrogens with one attached hydrogen (secondary N) is 1. The first-order valence-electron chi connectivity index (χ1n) is 4.91. The van der Waals surface area contributed by atoms with Crippen LogP contribution in [-0.4, -0.2) is 64.9 Å². The topological polar surface area (TPSA) is 86.8 Å². The van der Waals surface area contributed by atoms with E-state index in [4.69, 9.17) is 0 Å². The highest BCUT2D eigenvalue weighted by molar-refractivity contribution is 7.89. The fourth-order valence-corrected chi connectivity index (χ4v) is 3.51. The van der Waals surface area contributed by atoms with Gasteiger partial charge in [-0.15, -0.1) is 0 Å². The van der Waals surface area contributed by atoms with E-state index in [0.29, 0.717) is 13.0 Å². The predicted molar refractivity (Wildman–Crippen MR) is 60.6 cm³/mol. The van der Waals surface area contributed by atoms with E-state index in [1.54, 1.807) is 0 Å². The molecule has 1 aliphatic rings. The summed E-state index contributed by atoms with van der Waals surface area (Å²) in [6, 6.07) is 0. The molecule has 0 unspecified atom stereocenters. The minimum absolute atomic E-state index is 0.0970. The number of hydrogen-bond donors (Lipinski definition) is 1. The van der Waals surface area contributed by atoms with Gasteiger partial charge in [-0.05, 0) is 6.42 Å². The van der Waals surface area contributed by atoms with Crippen molar-refractivity contribution in [2.45, 2.75) is 6.42 Å². The summed E-state index contributed by atoms with van der Waals surface area (Å²) in [5.41, 5.74) is 0. The molecule has 0 aromatic heterocycles. The normalized spacial score (nSPS) is 21.7. The molecule has 0 saturated carbocycles.